The first-order chi connectivity index (χ1) is 8.49. The quantitative estimate of drug-likeness (QED) is 0.562. The fraction of sp³-hybridized carbons (Fsp3) is 0.818. The summed E-state index contributed by atoms with van der Waals surface area (Å²) in [5.74, 6) is -0.958. The molecule has 0 aromatic heterocycles. The van der Waals surface area contributed by atoms with E-state index in [2.05, 4.69) is 0 Å². The number of nitrogens with zero attached hydrogens (tertiary/aromatic N) is 1. The van der Waals surface area contributed by atoms with Crippen molar-refractivity contribution in [3.05, 3.63) is 0 Å². The predicted octanol–water partition coefficient (Wildman–Crippen LogP) is -0.888. The maximum absolute atomic E-state index is 11.9. The lowest BCUT2D eigenvalue weighted by Gasteiger charge is -2.45. The lowest BCUT2D eigenvalue weighted by Crippen LogP contribution is -2.64. The van der Waals surface area contributed by atoms with Gasteiger partial charge in [-0.05, 0) is 13.3 Å². The molecule has 6 nitrogen and oxygen atoms in total. The summed E-state index contributed by atoms with van der Waals surface area (Å²) in [6.07, 6.45) is -0.0883. The van der Waals surface area contributed by atoms with Gasteiger partial charge in [-0.15, -0.1) is 0 Å². The molecule has 0 saturated carbocycles. The molecule has 0 aromatic carbocycles. The van der Waals surface area contributed by atoms with Crippen LogP contribution in [0.2, 0.25) is 0 Å². The number of thioether (sulfide) groups is 1. The molecule has 0 aromatic rings. The Morgan fingerprint density at radius 3 is 2.83 bits per heavy atom. The van der Waals surface area contributed by atoms with Crippen molar-refractivity contribution in [1.29, 1.82) is 0 Å². The summed E-state index contributed by atoms with van der Waals surface area (Å²) in [6, 6.07) is -0.900. The van der Waals surface area contributed by atoms with Crippen LogP contribution in [-0.4, -0.2) is 62.7 Å². The van der Waals surface area contributed by atoms with Crippen LogP contribution in [0.1, 0.15) is 13.3 Å². The van der Waals surface area contributed by atoms with Gasteiger partial charge in [0.2, 0.25) is 5.91 Å². The fourth-order valence-corrected chi connectivity index (χ4v) is 4.13. The number of nitrogens with two attached hydrogens (primary N) is 1. The van der Waals surface area contributed by atoms with Gasteiger partial charge in [0.25, 0.3) is 0 Å². The molecule has 7 heteroatoms. The van der Waals surface area contributed by atoms with E-state index in [9.17, 15) is 19.8 Å². The molecule has 2 aliphatic heterocycles. The van der Waals surface area contributed by atoms with E-state index in [-0.39, 0.29) is 17.2 Å². The minimum absolute atomic E-state index is 0.122. The smallest absolute Gasteiger partial charge is 0.327 e. The highest BCUT2D eigenvalue weighted by Crippen LogP contribution is 2.45. The largest absolute Gasteiger partial charge is 0.480 e. The van der Waals surface area contributed by atoms with E-state index < -0.39 is 24.0 Å². The molecule has 2 saturated heterocycles. The van der Waals surface area contributed by atoms with Crippen molar-refractivity contribution in [2.75, 3.05) is 12.3 Å². The van der Waals surface area contributed by atoms with E-state index in [0.29, 0.717) is 18.7 Å². The van der Waals surface area contributed by atoms with E-state index in [1.54, 1.807) is 6.92 Å². The number of amides is 1. The molecule has 2 fully saturated rings. The Kier molecular flexibility index (Phi) is 3.84. The molecular formula is C11H18N2O4S. The topological polar surface area (TPSA) is 104 Å². The molecule has 4 N–H and O–H groups in total. The Bertz CT molecular complexity index is 363. The number of hydrogen-bond donors (Lipinski definition) is 3. The number of aliphatic hydroxyl groups excluding tert-OH is 1. The molecule has 0 spiro atoms. The molecule has 0 aliphatic carbocycles. The van der Waals surface area contributed by atoms with Crippen LogP contribution < -0.4 is 5.73 Å². The molecule has 18 heavy (non-hydrogen) atoms. The summed E-state index contributed by atoms with van der Waals surface area (Å²) < 4.78 is 0. The van der Waals surface area contributed by atoms with Crippen molar-refractivity contribution in [3.8, 4) is 0 Å². The average Bonchev–Trinajstić information content (AvgIpc) is 2.60. The number of aliphatic hydroxyl groups is 1. The fourth-order valence-electron chi connectivity index (χ4n) is 2.93. The molecule has 2 aliphatic rings. The van der Waals surface area contributed by atoms with Gasteiger partial charge in [-0.25, -0.2) is 4.79 Å². The lowest BCUT2D eigenvalue weighted by molar-refractivity contribution is -0.169. The number of hydrogen-bond acceptors (Lipinski definition) is 5. The summed E-state index contributed by atoms with van der Waals surface area (Å²) in [7, 11) is 0. The number of carboxylic acids is 1. The van der Waals surface area contributed by atoms with Gasteiger partial charge >= 0.3 is 5.97 Å². The van der Waals surface area contributed by atoms with Gasteiger partial charge in [0.15, 0.2) is 0 Å². The molecule has 1 amide bonds. The minimum atomic E-state index is -0.968. The number of aliphatic carboxylic acids is 1. The van der Waals surface area contributed by atoms with E-state index in [1.807, 2.05) is 0 Å². The molecule has 0 bridgehead atoms. The van der Waals surface area contributed by atoms with Gasteiger partial charge in [-0.2, -0.15) is 11.8 Å². The summed E-state index contributed by atoms with van der Waals surface area (Å²) in [6.45, 7) is 2.07. The maximum Gasteiger partial charge on any atom is 0.327 e. The number of carboxylic acid groups (broad SMARTS) is 1. The van der Waals surface area contributed by atoms with Gasteiger partial charge in [0.1, 0.15) is 6.04 Å². The first kappa shape index (κ1) is 13.6. The van der Waals surface area contributed by atoms with E-state index >= 15 is 0 Å². The van der Waals surface area contributed by atoms with Crippen LogP contribution in [0.4, 0.5) is 0 Å². The second-order valence-electron chi connectivity index (χ2n) is 4.80. The third-order valence-corrected chi connectivity index (χ3v) is 5.01. The molecule has 5 atom stereocenters. The van der Waals surface area contributed by atoms with Crippen molar-refractivity contribution >= 4 is 23.6 Å². The summed E-state index contributed by atoms with van der Waals surface area (Å²) in [4.78, 5) is 24.6. The second-order valence-corrected chi connectivity index (χ2v) is 6.14. The number of carbonyl (C=O) groups is 2. The predicted molar refractivity (Wildman–Crippen MR) is 67.1 cm³/mol. The molecule has 2 unspecified atom stereocenters. The highest BCUT2D eigenvalue weighted by Gasteiger charge is 2.60. The van der Waals surface area contributed by atoms with Gasteiger partial charge in [-0.1, -0.05) is 0 Å². The van der Waals surface area contributed by atoms with Crippen LogP contribution in [0.15, 0.2) is 0 Å². The van der Waals surface area contributed by atoms with E-state index in [0.717, 1.165) is 0 Å². The minimum Gasteiger partial charge on any atom is -0.480 e. The van der Waals surface area contributed by atoms with Gasteiger partial charge in [0.05, 0.1) is 12.0 Å². The Labute approximate surface area is 110 Å². The SMILES string of the molecule is C[C@@H](O)[C@H]1C(=O)N2C(C(=O)O)C(SCCN)C[C@H]12. The highest BCUT2D eigenvalue weighted by molar-refractivity contribution is 8.00. The monoisotopic (exact) mass is 274 g/mol. The molecule has 0 radical (unpaired) electrons. The number of β-lactam (4-membered cyclic amide) rings is 1. The zero-order chi connectivity index (χ0) is 13.4. The third kappa shape index (κ3) is 2.00. The number of fused-ring (bicyclic) bond motifs is 1. The summed E-state index contributed by atoms with van der Waals surface area (Å²) in [5.41, 5.74) is 5.43. The van der Waals surface area contributed by atoms with Gasteiger partial charge in [0, 0.05) is 23.6 Å². The van der Waals surface area contributed by atoms with Crippen LogP contribution in [0, 0.1) is 5.92 Å². The molecule has 2 rings (SSSR count). The van der Waals surface area contributed by atoms with Crippen molar-refractivity contribution < 1.29 is 19.8 Å². The lowest BCUT2D eigenvalue weighted by atomic mass is 9.84. The van der Waals surface area contributed by atoms with Crippen molar-refractivity contribution in [2.45, 2.75) is 36.8 Å². The Morgan fingerprint density at radius 1 is 1.67 bits per heavy atom. The van der Waals surface area contributed by atoms with Crippen LogP contribution >= 0.6 is 11.8 Å². The van der Waals surface area contributed by atoms with E-state index in [1.165, 1.54) is 16.7 Å². The Morgan fingerprint density at radius 2 is 2.33 bits per heavy atom. The first-order valence-electron chi connectivity index (χ1n) is 6.03. The van der Waals surface area contributed by atoms with E-state index in [4.69, 9.17) is 5.73 Å². The molecular weight excluding hydrogens is 256 g/mol. The van der Waals surface area contributed by atoms with Crippen LogP contribution in [0.3, 0.4) is 0 Å². The zero-order valence-electron chi connectivity index (χ0n) is 10.2. The molecule has 102 valence electrons. The standard InChI is InChI=1S/C11H18N2O4S/c1-5(14)8-6-4-7(18-3-2-12)9(11(16)17)13(6)10(8)15/h5-9,14H,2-4,12H2,1H3,(H,16,17)/t5-,6-,7?,8-,9?/m1/s1. The summed E-state index contributed by atoms with van der Waals surface area (Å²) in [5, 5.41) is 18.7. The summed E-state index contributed by atoms with van der Waals surface area (Å²) >= 11 is 1.50. The van der Waals surface area contributed by atoms with Gasteiger partial charge < -0.3 is 20.8 Å². The zero-order valence-corrected chi connectivity index (χ0v) is 11.0. The van der Waals surface area contributed by atoms with Crippen molar-refractivity contribution in [2.24, 2.45) is 11.7 Å². The van der Waals surface area contributed by atoms with Gasteiger partial charge in [-0.3, -0.25) is 4.79 Å². The maximum atomic E-state index is 11.9. The Balaban J connectivity index is 2.12. The number of carbonyl (C=O) groups excluding carboxylic acids is 1. The third-order valence-electron chi connectivity index (χ3n) is 3.66. The highest BCUT2D eigenvalue weighted by atomic mass is 32.2. The first-order valence-corrected chi connectivity index (χ1v) is 7.08. The van der Waals surface area contributed by atoms with Crippen LogP contribution in [-0.2, 0) is 9.59 Å². The normalized spacial score (nSPS) is 36.2. The van der Waals surface area contributed by atoms with Crippen LogP contribution in [0.25, 0.3) is 0 Å². The van der Waals surface area contributed by atoms with Crippen molar-refractivity contribution in [3.63, 3.8) is 0 Å². The second kappa shape index (κ2) is 5.07. The molecule has 2 heterocycles. The Hall–Kier alpha value is -0.790. The van der Waals surface area contributed by atoms with Crippen molar-refractivity contribution in [1.82, 2.24) is 4.90 Å². The number of rotatable bonds is 5. The van der Waals surface area contributed by atoms with Crippen LogP contribution in [0.5, 0.6) is 0 Å². The average molecular weight is 274 g/mol.